The third kappa shape index (κ3) is 1.25. The van der Waals surface area contributed by atoms with E-state index in [2.05, 4.69) is 10.1 Å². The number of carbonyl (C=O) groups is 2. The monoisotopic (exact) mass is 143 g/mol. The lowest BCUT2D eigenvalue weighted by molar-refractivity contribution is -0.138. The topological polar surface area (TPSA) is 75.6 Å². The molecule has 0 fully saturated rings. The molecule has 1 rings (SSSR count). The lowest BCUT2D eigenvalue weighted by Gasteiger charge is -2.12. The molecule has 0 aromatic carbocycles. The summed E-state index contributed by atoms with van der Waals surface area (Å²) in [6, 6.07) is -0.957. The molecule has 0 aromatic rings. The largest absolute Gasteiger partial charge is 0.479 e. The van der Waals surface area contributed by atoms with Crippen LogP contribution in [0.3, 0.4) is 0 Å². The second-order valence-electron chi connectivity index (χ2n) is 1.69. The first-order valence-corrected chi connectivity index (χ1v) is 2.57. The van der Waals surface area contributed by atoms with Crippen molar-refractivity contribution in [1.82, 2.24) is 5.32 Å². The lowest BCUT2D eigenvalue weighted by Crippen LogP contribution is -2.41. The summed E-state index contributed by atoms with van der Waals surface area (Å²) < 4.78 is 4.26. The van der Waals surface area contributed by atoms with Crippen molar-refractivity contribution >= 4 is 12.1 Å². The molecule has 0 aliphatic carbocycles. The molecule has 2 N–H and O–H groups in total. The highest BCUT2D eigenvalue weighted by Gasteiger charge is 2.20. The van der Waals surface area contributed by atoms with Crippen molar-refractivity contribution in [3.63, 3.8) is 0 Å². The van der Waals surface area contributed by atoms with Crippen molar-refractivity contribution in [2.24, 2.45) is 0 Å². The zero-order valence-electron chi connectivity index (χ0n) is 4.90. The van der Waals surface area contributed by atoms with Gasteiger partial charge in [0.1, 0.15) is 0 Å². The molecule has 1 heterocycles. The SMILES string of the molecule is O=C1NC(C(=O)O)C=CO1. The minimum Gasteiger partial charge on any atom is -0.479 e. The van der Waals surface area contributed by atoms with Crippen LogP contribution >= 0.6 is 0 Å². The van der Waals surface area contributed by atoms with Crippen LogP contribution in [0.15, 0.2) is 12.3 Å². The van der Waals surface area contributed by atoms with Gasteiger partial charge in [-0.1, -0.05) is 0 Å². The molecule has 1 unspecified atom stereocenters. The molecule has 0 saturated heterocycles. The highest BCUT2D eigenvalue weighted by atomic mass is 16.5. The van der Waals surface area contributed by atoms with Gasteiger partial charge in [0.25, 0.3) is 0 Å². The fourth-order valence-corrected chi connectivity index (χ4v) is 0.533. The van der Waals surface area contributed by atoms with Crippen LogP contribution in [0.5, 0.6) is 0 Å². The van der Waals surface area contributed by atoms with Gasteiger partial charge in [0, 0.05) is 0 Å². The molecule has 1 aliphatic heterocycles. The second-order valence-corrected chi connectivity index (χ2v) is 1.69. The van der Waals surface area contributed by atoms with Crippen molar-refractivity contribution in [3.05, 3.63) is 12.3 Å². The quantitative estimate of drug-likeness (QED) is 0.528. The number of carbonyl (C=O) groups excluding carboxylic acids is 1. The van der Waals surface area contributed by atoms with Crippen LogP contribution in [0.1, 0.15) is 0 Å². The van der Waals surface area contributed by atoms with Crippen LogP contribution in [0, 0.1) is 0 Å². The molecule has 10 heavy (non-hydrogen) atoms. The molecule has 0 spiro atoms. The molecular formula is C5H5NO4. The van der Waals surface area contributed by atoms with E-state index in [9.17, 15) is 9.59 Å². The van der Waals surface area contributed by atoms with Gasteiger partial charge in [0.05, 0.1) is 6.26 Å². The molecular weight excluding hydrogens is 138 g/mol. The molecule has 0 radical (unpaired) electrons. The van der Waals surface area contributed by atoms with Gasteiger partial charge < -0.3 is 15.2 Å². The lowest BCUT2D eigenvalue weighted by atomic mass is 10.3. The maximum atomic E-state index is 10.3. The molecule has 5 heteroatoms. The fourth-order valence-electron chi connectivity index (χ4n) is 0.533. The number of amides is 1. The Kier molecular flexibility index (Phi) is 1.57. The van der Waals surface area contributed by atoms with E-state index in [1.165, 1.54) is 6.08 Å². The molecule has 1 atom stereocenters. The Bertz CT molecular complexity index is 198. The van der Waals surface area contributed by atoms with Crippen LogP contribution < -0.4 is 5.32 Å². The number of hydrogen-bond acceptors (Lipinski definition) is 3. The van der Waals surface area contributed by atoms with E-state index >= 15 is 0 Å². The Balaban J connectivity index is 2.64. The van der Waals surface area contributed by atoms with E-state index in [-0.39, 0.29) is 0 Å². The van der Waals surface area contributed by atoms with E-state index in [1.807, 2.05) is 0 Å². The zero-order valence-corrected chi connectivity index (χ0v) is 4.90. The number of hydrogen-bond donors (Lipinski definition) is 2. The number of ether oxygens (including phenoxy) is 1. The summed E-state index contributed by atoms with van der Waals surface area (Å²) in [4.78, 5) is 20.5. The van der Waals surface area contributed by atoms with Gasteiger partial charge in [0.15, 0.2) is 6.04 Å². The highest BCUT2D eigenvalue weighted by molar-refractivity contribution is 5.83. The standard InChI is InChI=1S/C5H5NO4/c7-4(8)3-1-2-10-5(9)6-3/h1-3H,(H,6,9)(H,7,8). The Morgan fingerprint density at radius 2 is 2.50 bits per heavy atom. The predicted molar refractivity (Wildman–Crippen MR) is 30.2 cm³/mol. The number of carboxylic acid groups (broad SMARTS) is 1. The fraction of sp³-hybridized carbons (Fsp3) is 0.200. The van der Waals surface area contributed by atoms with Crippen LogP contribution in [-0.4, -0.2) is 23.2 Å². The third-order valence-electron chi connectivity index (χ3n) is 0.986. The van der Waals surface area contributed by atoms with E-state index in [4.69, 9.17) is 5.11 Å². The van der Waals surface area contributed by atoms with E-state index in [0.717, 1.165) is 6.26 Å². The van der Waals surface area contributed by atoms with Gasteiger partial charge >= 0.3 is 12.1 Å². The number of nitrogens with one attached hydrogen (secondary N) is 1. The molecule has 0 saturated carbocycles. The average molecular weight is 143 g/mol. The summed E-state index contributed by atoms with van der Waals surface area (Å²) in [6.07, 6.45) is 1.55. The smallest absolute Gasteiger partial charge is 0.412 e. The molecule has 0 aromatic heterocycles. The molecule has 1 aliphatic rings. The van der Waals surface area contributed by atoms with E-state index in [1.54, 1.807) is 0 Å². The minimum atomic E-state index is -1.10. The van der Waals surface area contributed by atoms with Crippen molar-refractivity contribution in [3.8, 4) is 0 Å². The summed E-state index contributed by atoms with van der Waals surface area (Å²) in [5.41, 5.74) is 0. The minimum absolute atomic E-state index is 0.741. The van der Waals surface area contributed by atoms with Crippen molar-refractivity contribution < 1.29 is 19.4 Å². The first-order valence-electron chi connectivity index (χ1n) is 2.57. The molecule has 5 nitrogen and oxygen atoms in total. The second kappa shape index (κ2) is 2.38. The molecule has 1 amide bonds. The summed E-state index contributed by atoms with van der Waals surface area (Å²) in [6.45, 7) is 0. The maximum Gasteiger partial charge on any atom is 0.412 e. The van der Waals surface area contributed by atoms with Crippen LogP contribution in [0.4, 0.5) is 4.79 Å². The summed E-state index contributed by atoms with van der Waals surface area (Å²) >= 11 is 0. The first kappa shape index (κ1) is 6.60. The van der Waals surface area contributed by atoms with Crippen LogP contribution in [0.25, 0.3) is 0 Å². The van der Waals surface area contributed by atoms with E-state index < -0.39 is 18.1 Å². The van der Waals surface area contributed by atoms with Crippen molar-refractivity contribution in [2.75, 3.05) is 0 Å². The Labute approximate surface area is 56.3 Å². The average Bonchev–Trinajstić information content (AvgIpc) is 1.88. The summed E-state index contributed by atoms with van der Waals surface area (Å²) in [7, 11) is 0. The number of cyclic esters (lactones) is 1. The maximum absolute atomic E-state index is 10.3. The number of alkyl carbamates (subject to hydrolysis) is 1. The number of rotatable bonds is 1. The highest BCUT2D eigenvalue weighted by Crippen LogP contribution is 1.95. The van der Waals surface area contributed by atoms with Crippen molar-refractivity contribution in [2.45, 2.75) is 6.04 Å². The predicted octanol–water partition coefficient (Wildman–Crippen LogP) is -0.307. The molecule has 0 bridgehead atoms. The van der Waals surface area contributed by atoms with Gasteiger partial charge in [-0.25, -0.2) is 9.59 Å². The third-order valence-corrected chi connectivity index (χ3v) is 0.986. The Morgan fingerprint density at radius 1 is 1.80 bits per heavy atom. The van der Waals surface area contributed by atoms with Crippen LogP contribution in [-0.2, 0) is 9.53 Å². The van der Waals surface area contributed by atoms with Gasteiger partial charge in [0.2, 0.25) is 0 Å². The summed E-state index contributed by atoms with van der Waals surface area (Å²) in [5, 5.41) is 10.4. The normalized spacial score (nSPS) is 23.2. The molecule has 54 valence electrons. The van der Waals surface area contributed by atoms with E-state index in [0.29, 0.717) is 0 Å². The van der Waals surface area contributed by atoms with Gasteiger partial charge in [-0.15, -0.1) is 0 Å². The zero-order chi connectivity index (χ0) is 7.56. The van der Waals surface area contributed by atoms with Gasteiger partial charge in [-0.05, 0) is 6.08 Å². The number of carboxylic acids is 1. The van der Waals surface area contributed by atoms with Gasteiger partial charge in [-0.3, -0.25) is 0 Å². The summed E-state index contributed by atoms with van der Waals surface area (Å²) in [5.74, 6) is -1.10. The first-order chi connectivity index (χ1) is 4.70. The van der Waals surface area contributed by atoms with Gasteiger partial charge in [-0.2, -0.15) is 0 Å². The number of aliphatic carboxylic acids is 1. The van der Waals surface area contributed by atoms with Crippen LogP contribution in [0.2, 0.25) is 0 Å². The van der Waals surface area contributed by atoms with Crippen molar-refractivity contribution in [1.29, 1.82) is 0 Å². The Hall–Kier alpha value is -1.52. The Morgan fingerprint density at radius 3 is 2.90 bits per heavy atom.